The smallest absolute Gasteiger partial charge is 0.308 e. The van der Waals surface area contributed by atoms with E-state index in [0.29, 0.717) is 11.3 Å². The maximum atomic E-state index is 12.2. The van der Waals surface area contributed by atoms with Crippen LogP contribution < -0.4 is 4.74 Å². The quantitative estimate of drug-likeness (QED) is 0.419. The summed E-state index contributed by atoms with van der Waals surface area (Å²) < 4.78 is 5.06. The highest BCUT2D eigenvalue weighted by Crippen LogP contribution is 2.23. The van der Waals surface area contributed by atoms with E-state index in [4.69, 9.17) is 4.74 Å². The van der Waals surface area contributed by atoms with Gasteiger partial charge in [0.1, 0.15) is 5.75 Å². The van der Waals surface area contributed by atoms with Crippen molar-refractivity contribution in [2.75, 3.05) is 25.4 Å². The normalized spacial score (nSPS) is 10.7. The van der Waals surface area contributed by atoms with E-state index in [0.717, 1.165) is 31.8 Å². The molecule has 1 aromatic carbocycles. The van der Waals surface area contributed by atoms with Crippen LogP contribution in [0.15, 0.2) is 24.3 Å². The molecule has 0 spiro atoms. The molecule has 0 atom stereocenters. The zero-order chi connectivity index (χ0) is 15.7. The Bertz CT molecular complexity index is 472. The predicted octanol–water partition coefficient (Wildman–Crippen LogP) is 3.22. The Morgan fingerprint density at radius 2 is 1.86 bits per heavy atom. The van der Waals surface area contributed by atoms with Crippen LogP contribution in [0.4, 0.5) is 0 Å². The molecule has 4 nitrogen and oxygen atoms in total. The molecule has 1 aromatic rings. The van der Waals surface area contributed by atoms with Crippen molar-refractivity contribution in [3.8, 4) is 5.75 Å². The standard InChI is InChI=1S/C16H23NO3S/c1-4-17(5-2)11-8-12-21-16(19)14-9-6-7-10-15(14)20-13(3)18/h6-7,9-10H,4-5,8,11-12H2,1-3H3. The Morgan fingerprint density at radius 3 is 2.48 bits per heavy atom. The van der Waals surface area contributed by atoms with Gasteiger partial charge in [-0.1, -0.05) is 37.7 Å². The minimum absolute atomic E-state index is 0.0496. The Kier molecular flexibility index (Phi) is 8.08. The molecule has 116 valence electrons. The lowest BCUT2D eigenvalue weighted by molar-refractivity contribution is -0.131. The SMILES string of the molecule is CCN(CC)CCCSC(=O)c1ccccc1OC(C)=O. The summed E-state index contributed by atoms with van der Waals surface area (Å²) in [6, 6.07) is 6.86. The summed E-state index contributed by atoms with van der Waals surface area (Å²) in [5, 5.41) is -0.0496. The average Bonchev–Trinajstić information content (AvgIpc) is 2.47. The first-order chi connectivity index (χ1) is 10.1. The molecule has 0 N–H and O–H groups in total. The summed E-state index contributed by atoms with van der Waals surface area (Å²) in [4.78, 5) is 25.6. The van der Waals surface area contributed by atoms with Crippen LogP contribution in [0.3, 0.4) is 0 Å². The maximum Gasteiger partial charge on any atom is 0.308 e. The van der Waals surface area contributed by atoms with Gasteiger partial charge in [-0.3, -0.25) is 9.59 Å². The first kappa shape index (κ1) is 17.7. The molecule has 0 amide bonds. The minimum Gasteiger partial charge on any atom is -0.426 e. The van der Waals surface area contributed by atoms with Gasteiger partial charge in [-0.25, -0.2) is 0 Å². The van der Waals surface area contributed by atoms with E-state index in [9.17, 15) is 9.59 Å². The molecule has 0 radical (unpaired) electrons. The number of hydrogen-bond acceptors (Lipinski definition) is 5. The molecule has 0 unspecified atom stereocenters. The van der Waals surface area contributed by atoms with E-state index in [1.165, 1.54) is 18.7 Å². The van der Waals surface area contributed by atoms with Gasteiger partial charge in [-0.2, -0.15) is 0 Å². The molecule has 0 aromatic heterocycles. The maximum absolute atomic E-state index is 12.2. The second-order valence-corrected chi connectivity index (χ2v) is 5.67. The van der Waals surface area contributed by atoms with Gasteiger partial charge in [0.25, 0.3) is 0 Å². The third-order valence-electron chi connectivity index (χ3n) is 3.11. The van der Waals surface area contributed by atoms with Gasteiger partial charge >= 0.3 is 5.97 Å². The zero-order valence-corrected chi connectivity index (χ0v) is 13.7. The molecule has 5 heteroatoms. The molecular formula is C16H23NO3S. The van der Waals surface area contributed by atoms with Crippen LogP contribution in [0.25, 0.3) is 0 Å². The van der Waals surface area contributed by atoms with Crippen LogP contribution in [0.2, 0.25) is 0 Å². The fourth-order valence-corrected chi connectivity index (χ4v) is 2.73. The first-order valence-corrected chi connectivity index (χ1v) is 8.24. The van der Waals surface area contributed by atoms with Crippen molar-refractivity contribution in [3.05, 3.63) is 29.8 Å². The van der Waals surface area contributed by atoms with Crippen LogP contribution in [-0.4, -0.2) is 41.4 Å². The molecular weight excluding hydrogens is 286 g/mol. The molecule has 0 aliphatic rings. The van der Waals surface area contributed by atoms with E-state index in [-0.39, 0.29) is 5.12 Å². The van der Waals surface area contributed by atoms with Crippen LogP contribution in [0, 0.1) is 0 Å². The van der Waals surface area contributed by atoms with Crippen molar-refractivity contribution in [1.29, 1.82) is 0 Å². The number of rotatable bonds is 8. The number of nitrogens with zero attached hydrogens (tertiary/aromatic N) is 1. The lowest BCUT2D eigenvalue weighted by atomic mass is 10.2. The summed E-state index contributed by atoms with van der Waals surface area (Å²) in [6.07, 6.45) is 0.966. The van der Waals surface area contributed by atoms with Gasteiger partial charge in [0.05, 0.1) is 5.56 Å². The number of thioether (sulfide) groups is 1. The lowest BCUT2D eigenvalue weighted by Crippen LogP contribution is -2.24. The number of carbonyl (C=O) groups is 2. The number of ether oxygens (including phenoxy) is 1. The van der Waals surface area contributed by atoms with Crippen molar-refractivity contribution >= 4 is 22.8 Å². The lowest BCUT2D eigenvalue weighted by Gasteiger charge is -2.17. The molecule has 0 fully saturated rings. The summed E-state index contributed by atoms with van der Waals surface area (Å²) >= 11 is 1.28. The predicted molar refractivity (Wildman–Crippen MR) is 86.9 cm³/mol. The van der Waals surface area contributed by atoms with Gasteiger partial charge in [0.2, 0.25) is 5.12 Å². The van der Waals surface area contributed by atoms with Gasteiger partial charge in [0, 0.05) is 12.7 Å². The van der Waals surface area contributed by atoms with E-state index in [2.05, 4.69) is 18.7 Å². The summed E-state index contributed by atoms with van der Waals surface area (Å²) in [5.41, 5.74) is 0.459. The van der Waals surface area contributed by atoms with E-state index < -0.39 is 5.97 Å². The number of para-hydroxylation sites is 1. The van der Waals surface area contributed by atoms with Gasteiger partial charge < -0.3 is 9.64 Å². The monoisotopic (exact) mass is 309 g/mol. The van der Waals surface area contributed by atoms with Crippen LogP contribution in [0.1, 0.15) is 37.6 Å². The van der Waals surface area contributed by atoms with Gasteiger partial charge in [-0.15, -0.1) is 0 Å². The fourth-order valence-electron chi connectivity index (χ4n) is 1.95. The molecule has 0 heterocycles. The molecule has 0 saturated carbocycles. The molecule has 1 rings (SSSR count). The molecule has 0 aliphatic heterocycles. The van der Waals surface area contributed by atoms with E-state index in [1.807, 2.05) is 0 Å². The highest BCUT2D eigenvalue weighted by molar-refractivity contribution is 8.14. The summed E-state index contributed by atoms with van der Waals surface area (Å²) in [6.45, 7) is 8.67. The number of esters is 1. The molecule has 0 saturated heterocycles. The Labute approximate surface area is 130 Å². The zero-order valence-electron chi connectivity index (χ0n) is 12.9. The van der Waals surface area contributed by atoms with E-state index in [1.54, 1.807) is 24.3 Å². The Balaban J connectivity index is 2.50. The van der Waals surface area contributed by atoms with Crippen LogP contribution in [-0.2, 0) is 4.79 Å². The fraction of sp³-hybridized carbons (Fsp3) is 0.500. The third-order valence-corrected chi connectivity index (χ3v) is 4.08. The van der Waals surface area contributed by atoms with Crippen molar-refractivity contribution in [3.63, 3.8) is 0 Å². The number of carbonyl (C=O) groups excluding carboxylic acids is 2. The molecule has 0 bridgehead atoms. The van der Waals surface area contributed by atoms with E-state index >= 15 is 0 Å². The van der Waals surface area contributed by atoms with Gasteiger partial charge in [-0.05, 0) is 38.2 Å². The second-order valence-electron chi connectivity index (χ2n) is 4.61. The Morgan fingerprint density at radius 1 is 1.19 bits per heavy atom. The van der Waals surface area contributed by atoms with Crippen molar-refractivity contribution in [2.45, 2.75) is 27.2 Å². The summed E-state index contributed by atoms with van der Waals surface area (Å²) in [7, 11) is 0. The topological polar surface area (TPSA) is 46.6 Å². The second kappa shape index (κ2) is 9.58. The number of hydrogen-bond donors (Lipinski definition) is 0. The third kappa shape index (κ3) is 6.31. The molecule has 0 aliphatic carbocycles. The Hall–Kier alpha value is -1.33. The number of benzene rings is 1. The van der Waals surface area contributed by atoms with Crippen molar-refractivity contribution in [2.24, 2.45) is 0 Å². The highest BCUT2D eigenvalue weighted by atomic mass is 32.2. The van der Waals surface area contributed by atoms with Crippen LogP contribution >= 0.6 is 11.8 Å². The summed E-state index contributed by atoms with van der Waals surface area (Å²) in [5.74, 6) is 0.692. The average molecular weight is 309 g/mol. The van der Waals surface area contributed by atoms with Crippen LogP contribution in [0.5, 0.6) is 5.75 Å². The minimum atomic E-state index is -0.415. The largest absolute Gasteiger partial charge is 0.426 e. The van der Waals surface area contributed by atoms with Crippen molar-refractivity contribution in [1.82, 2.24) is 4.90 Å². The van der Waals surface area contributed by atoms with Gasteiger partial charge in [0.15, 0.2) is 0 Å². The van der Waals surface area contributed by atoms with Crippen molar-refractivity contribution < 1.29 is 14.3 Å². The highest BCUT2D eigenvalue weighted by Gasteiger charge is 2.14. The first-order valence-electron chi connectivity index (χ1n) is 7.25. The molecule has 21 heavy (non-hydrogen) atoms.